The summed E-state index contributed by atoms with van der Waals surface area (Å²) in [5.41, 5.74) is 5.95. The second kappa shape index (κ2) is 3.80. The zero-order valence-corrected chi connectivity index (χ0v) is 8.55. The second-order valence-corrected chi connectivity index (χ2v) is 4.25. The van der Waals surface area contributed by atoms with E-state index in [-0.39, 0.29) is 0 Å². The van der Waals surface area contributed by atoms with Gasteiger partial charge in [0.15, 0.2) is 0 Å². The molecule has 2 rings (SSSR count). The zero-order valence-electron chi connectivity index (χ0n) is 8.55. The maximum atomic E-state index is 13.2. The Morgan fingerprint density at radius 2 is 1.73 bits per heavy atom. The van der Waals surface area contributed by atoms with Crippen LogP contribution in [-0.4, -0.2) is 6.43 Å². The van der Waals surface area contributed by atoms with Gasteiger partial charge in [-0.05, 0) is 24.5 Å². The first-order valence-electron chi connectivity index (χ1n) is 5.30. The number of nitrogen functional groups attached to an aromatic ring is 1. The summed E-state index contributed by atoms with van der Waals surface area (Å²) in [5.74, 6) is 0. The number of hydrogen-bond donors (Lipinski definition) is 1. The van der Waals surface area contributed by atoms with Crippen LogP contribution in [0, 0.1) is 0 Å². The number of benzene rings is 1. The largest absolute Gasteiger partial charge is 0.398 e. The first-order chi connectivity index (χ1) is 7.17. The highest BCUT2D eigenvalue weighted by Gasteiger charge is 2.44. The number of anilines is 1. The molecule has 1 aliphatic carbocycles. The molecule has 1 saturated carbocycles. The lowest BCUT2D eigenvalue weighted by Gasteiger charge is -2.29. The molecule has 0 saturated heterocycles. The SMILES string of the molecule is Nc1ccccc1C1(C(F)F)CCCC1. The molecule has 1 aromatic rings. The molecule has 1 aliphatic rings. The van der Waals surface area contributed by atoms with Gasteiger partial charge in [-0.3, -0.25) is 0 Å². The molecular weight excluding hydrogens is 196 g/mol. The van der Waals surface area contributed by atoms with Crippen LogP contribution in [0.5, 0.6) is 0 Å². The predicted molar refractivity (Wildman–Crippen MR) is 57.0 cm³/mol. The van der Waals surface area contributed by atoms with Crippen molar-refractivity contribution < 1.29 is 8.78 Å². The van der Waals surface area contributed by atoms with Crippen molar-refractivity contribution >= 4 is 5.69 Å². The van der Waals surface area contributed by atoms with Gasteiger partial charge < -0.3 is 5.73 Å². The maximum absolute atomic E-state index is 13.2. The minimum Gasteiger partial charge on any atom is -0.398 e. The van der Waals surface area contributed by atoms with Crippen LogP contribution in [0.15, 0.2) is 24.3 Å². The van der Waals surface area contributed by atoms with Gasteiger partial charge in [0.2, 0.25) is 6.43 Å². The molecule has 0 unspecified atom stereocenters. The minimum atomic E-state index is -2.32. The average Bonchev–Trinajstić information content (AvgIpc) is 2.68. The summed E-state index contributed by atoms with van der Waals surface area (Å²) in [6.45, 7) is 0. The Morgan fingerprint density at radius 1 is 1.13 bits per heavy atom. The molecule has 15 heavy (non-hydrogen) atoms. The number of alkyl halides is 2. The fourth-order valence-electron chi connectivity index (χ4n) is 2.56. The fraction of sp³-hybridized carbons (Fsp3) is 0.500. The summed E-state index contributed by atoms with van der Waals surface area (Å²) in [7, 11) is 0. The van der Waals surface area contributed by atoms with E-state index in [9.17, 15) is 8.78 Å². The van der Waals surface area contributed by atoms with E-state index in [4.69, 9.17) is 5.73 Å². The first kappa shape index (κ1) is 10.4. The van der Waals surface area contributed by atoms with Crippen molar-refractivity contribution in [3.63, 3.8) is 0 Å². The molecule has 0 spiro atoms. The number of nitrogens with two attached hydrogens (primary N) is 1. The van der Waals surface area contributed by atoms with Crippen LogP contribution in [0.2, 0.25) is 0 Å². The van der Waals surface area contributed by atoms with Crippen molar-refractivity contribution in [2.75, 3.05) is 5.73 Å². The molecule has 1 fully saturated rings. The summed E-state index contributed by atoms with van der Waals surface area (Å²) in [5, 5.41) is 0. The molecule has 82 valence electrons. The third-order valence-corrected chi connectivity index (χ3v) is 3.41. The normalized spacial score (nSPS) is 19.7. The molecule has 0 radical (unpaired) electrons. The van der Waals surface area contributed by atoms with Gasteiger partial charge >= 0.3 is 0 Å². The van der Waals surface area contributed by atoms with Crippen LogP contribution >= 0.6 is 0 Å². The lowest BCUT2D eigenvalue weighted by molar-refractivity contribution is 0.0526. The molecule has 0 aromatic heterocycles. The van der Waals surface area contributed by atoms with Gasteiger partial charge in [-0.15, -0.1) is 0 Å². The van der Waals surface area contributed by atoms with Crippen LogP contribution in [0.25, 0.3) is 0 Å². The van der Waals surface area contributed by atoms with Crippen molar-refractivity contribution in [3.8, 4) is 0 Å². The predicted octanol–water partition coefficient (Wildman–Crippen LogP) is 3.35. The summed E-state index contributed by atoms with van der Waals surface area (Å²) >= 11 is 0. The van der Waals surface area contributed by atoms with Crippen molar-refractivity contribution in [2.45, 2.75) is 37.5 Å². The van der Waals surface area contributed by atoms with E-state index >= 15 is 0 Å². The van der Waals surface area contributed by atoms with Crippen molar-refractivity contribution in [2.24, 2.45) is 0 Å². The number of hydrogen-bond acceptors (Lipinski definition) is 1. The van der Waals surface area contributed by atoms with Crippen molar-refractivity contribution in [1.82, 2.24) is 0 Å². The van der Waals surface area contributed by atoms with Crippen LogP contribution in [0.3, 0.4) is 0 Å². The van der Waals surface area contributed by atoms with E-state index in [0.29, 0.717) is 24.1 Å². The topological polar surface area (TPSA) is 26.0 Å². The summed E-state index contributed by atoms with van der Waals surface area (Å²) in [6.07, 6.45) is 0.541. The van der Waals surface area contributed by atoms with Gasteiger partial charge in [0.1, 0.15) is 0 Å². The third-order valence-electron chi connectivity index (χ3n) is 3.41. The quantitative estimate of drug-likeness (QED) is 0.746. The average molecular weight is 211 g/mol. The van der Waals surface area contributed by atoms with E-state index in [1.54, 1.807) is 24.3 Å². The number of rotatable bonds is 2. The summed E-state index contributed by atoms with van der Waals surface area (Å²) in [6, 6.07) is 7.02. The highest BCUT2D eigenvalue weighted by Crippen LogP contribution is 2.47. The minimum absolute atomic E-state index is 0.500. The van der Waals surface area contributed by atoms with Gasteiger partial charge in [0, 0.05) is 5.69 Å². The Labute approximate surface area is 88.3 Å². The Morgan fingerprint density at radius 3 is 2.27 bits per heavy atom. The Kier molecular flexibility index (Phi) is 2.63. The summed E-state index contributed by atoms with van der Waals surface area (Å²) in [4.78, 5) is 0. The lowest BCUT2D eigenvalue weighted by Crippen LogP contribution is -2.32. The van der Waals surface area contributed by atoms with Gasteiger partial charge in [-0.1, -0.05) is 31.0 Å². The van der Waals surface area contributed by atoms with E-state index < -0.39 is 11.8 Å². The molecular formula is C12H15F2N. The highest BCUT2D eigenvalue weighted by molar-refractivity contribution is 5.51. The molecule has 3 heteroatoms. The fourth-order valence-corrected chi connectivity index (χ4v) is 2.56. The van der Waals surface area contributed by atoms with Gasteiger partial charge in [-0.2, -0.15) is 0 Å². The summed E-state index contributed by atoms with van der Waals surface area (Å²) < 4.78 is 26.4. The molecule has 0 atom stereocenters. The van der Waals surface area contributed by atoms with Gasteiger partial charge in [0.05, 0.1) is 5.41 Å². The van der Waals surface area contributed by atoms with Crippen LogP contribution < -0.4 is 5.73 Å². The zero-order chi connectivity index (χ0) is 10.9. The van der Waals surface area contributed by atoms with Crippen LogP contribution in [0.4, 0.5) is 14.5 Å². The van der Waals surface area contributed by atoms with E-state index in [0.717, 1.165) is 12.8 Å². The number of halogens is 2. The van der Waals surface area contributed by atoms with Gasteiger partial charge in [-0.25, -0.2) is 8.78 Å². The highest BCUT2D eigenvalue weighted by atomic mass is 19.3. The standard InChI is InChI=1S/C12H15F2N/c13-11(14)12(7-3-4-8-12)9-5-1-2-6-10(9)15/h1-2,5-6,11H,3-4,7-8,15H2. The van der Waals surface area contributed by atoms with E-state index in [1.165, 1.54) is 0 Å². The van der Waals surface area contributed by atoms with E-state index in [1.807, 2.05) is 0 Å². The number of para-hydroxylation sites is 1. The van der Waals surface area contributed by atoms with Gasteiger partial charge in [0.25, 0.3) is 0 Å². The molecule has 0 aliphatic heterocycles. The van der Waals surface area contributed by atoms with E-state index in [2.05, 4.69) is 0 Å². The lowest BCUT2D eigenvalue weighted by atomic mass is 9.78. The monoisotopic (exact) mass is 211 g/mol. The molecule has 0 heterocycles. The smallest absolute Gasteiger partial charge is 0.248 e. The molecule has 2 N–H and O–H groups in total. The molecule has 1 aromatic carbocycles. The van der Waals surface area contributed by atoms with Crippen molar-refractivity contribution in [3.05, 3.63) is 29.8 Å². The Hall–Kier alpha value is -1.12. The van der Waals surface area contributed by atoms with Crippen molar-refractivity contribution in [1.29, 1.82) is 0 Å². The third kappa shape index (κ3) is 1.60. The van der Waals surface area contributed by atoms with Crippen LogP contribution in [0.1, 0.15) is 31.2 Å². The van der Waals surface area contributed by atoms with Crippen LogP contribution in [-0.2, 0) is 5.41 Å². The molecule has 0 bridgehead atoms. The maximum Gasteiger partial charge on any atom is 0.248 e. The molecule has 0 amide bonds. The molecule has 1 nitrogen and oxygen atoms in total. The Balaban J connectivity index is 2.46. The first-order valence-corrected chi connectivity index (χ1v) is 5.30. The second-order valence-electron chi connectivity index (χ2n) is 4.25. The Bertz CT molecular complexity index is 343.